The number of rotatable bonds is 10. The third-order valence-electron chi connectivity index (χ3n) is 2.56. The van der Waals surface area contributed by atoms with Crippen LogP contribution >= 0.6 is 0 Å². The molecule has 2 heteroatoms. The lowest BCUT2D eigenvalue weighted by molar-refractivity contribution is 0.139. The Morgan fingerprint density at radius 1 is 1.13 bits per heavy atom. The van der Waals surface area contributed by atoms with Gasteiger partial charge in [-0.3, -0.25) is 0 Å². The first-order valence-electron chi connectivity index (χ1n) is 6.45. The molecule has 0 aliphatic carbocycles. The Kier molecular flexibility index (Phi) is 10.4. The Morgan fingerprint density at radius 3 is 2.47 bits per heavy atom. The summed E-state index contributed by atoms with van der Waals surface area (Å²) >= 11 is 0. The van der Waals surface area contributed by atoms with Gasteiger partial charge >= 0.3 is 0 Å². The van der Waals surface area contributed by atoms with Gasteiger partial charge in [-0.1, -0.05) is 20.8 Å². The van der Waals surface area contributed by atoms with E-state index in [-0.39, 0.29) is 0 Å². The van der Waals surface area contributed by atoms with Crippen LogP contribution in [0.2, 0.25) is 0 Å². The molecule has 0 rings (SSSR count). The van der Waals surface area contributed by atoms with E-state index in [0.717, 1.165) is 38.1 Å². The molecule has 0 aliphatic rings. The van der Waals surface area contributed by atoms with Crippen molar-refractivity contribution < 1.29 is 4.74 Å². The van der Waals surface area contributed by atoms with E-state index in [4.69, 9.17) is 4.74 Å². The smallest absolute Gasteiger partial charge is 0.0465 e. The van der Waals surface area contributed by atoms with Gasteiger partial charge in [0, 0.05) is 13.2 Å². The summed E-state index contributed by atoms with van der Waals surface area (Å²) in [6.45, 7) is 13.0. The van der Waals surface area contributed by atoms with Crippen LogP contribution < -0.4 is 5.32 Å². The average Bonchev–Trinajstić information content (AvgIpc) is 2.19. The van der Waals surface area contributed by atoms with Crippen molar-refractivity contribution in [3.05, 3.63) is 0 Å². The zero-order chi connectivity index (χ0) is 11.5. The second-order valence-electron chi connectivity index (χ2n) is 4.83. The first kappa shape index (κ1) is 14.9. The predicted molar refractivity (Wildman–Crippen MR) is 67.2 cm³/mol. The maximum atomic E-state index is 5.33. The normalized spacial score (nSPS) is 13.4. The van der Waals surface area contributed by atoms with Gasteiger partial charge in [0.15, 0.2) is 0 Å². The van der Waals surface area contributed by atoms with Gasteiger partial charge in [0.2, 0.25) is 0 Å². The van der Waals surface area contributed by atoms with Crippen LogP contribution in [0.15, 0.2) is 0 Å². The molecular formula is C13H29NO. The summed E-state index contributed by atoms with van der Waals surface area (Å²) in [5, 5.41) is 3.49. The number of ether oxygens (including phenoxy) is 1. The van der Waals surface area contributed by atoms with Gasteiger partial charge in [-0.15, -0.1) is 0 Å². The third kappa shape index (κ3) is 11.8. The van der Waals surface area contributed by atoms with Crippen molar-refractivity contribution in [3.63, 3.8) is 0 Å². The van der Waals surface area contributed by atoms with Gasteiger partial charge in [-0.2, -0.15) is 0 Å². The topological polar surface area (TPSA) is 21.3 Å². The van der Waals surface area contributed by atoms with Crippen LogP contribution in [0.1, 0.15) is 47.0 Å². The zero-order valence-corrected chi connectivity index (χ0v) is 11.0. The summed E-state index contributed by atoms with van der Waals surface area (Å²) in [5.41, 5.74) is 0. The van der Waals surface area contributed by atoms with Crippen molar-refractivity contribution in [1.82, 2.24) is 5.32 Å². The predicted octanol–water partition coefficient (Wildman–Crippen LogP) is 3.07. The third-order valence-corrected chi connectivity index (χ3v) is 2.56. The van der Waals surface area contributed by atoms with E-state index >= 15 is 0 Å². The Balaban J connectivity index is 3.15. The molecule has 0 saturated carbocycles. The zero-order valence-electron chi connectivity index (χ0n) is 11.0. The van der Waals surface area contributed by atoms with Crippen LogP contribution in [-0.4, -0.2) is 26.3 Å². The molecule has 0 fully saturated rings. The van der Waals surface area contributed by atoms with Crippen LogP contribution in [-0.2, 0) is 4.74 Å². The highest BCUT2D eigenvalue weighted by molar-refractivity contribution is 4.57. The van der Waals surface area contributed by atoms with Gasteiger partial charge in [-0.05, 0) is 51.1 Å². The van der Waals surface area contributed by atoms with Crippen molar-refractivity contribution in [2.45, 2.75) is 47.0 Å². The van der Waals surface area contributed by atoms with Crippen molar-refractivity contribution in [3.8, 4) is 0 Å². The van der Waals surface area contributed by atoms with Gasteiger partial charge < -0.3 is 10.1 Å². The lowest BCUT2D eigenvalue weighted by Crippen LogP contribution is -2.22. The van der Waals surface area contributed by atoms with Crippen molar-refractivity contribution >= 4 is 0 Å². The molecule has 15 heavy (non-hydrogen) atoms. The van der Waals surface area contributed by atoms with Crippen LogP contribution in [0.3, 0.4) is 0 Å². The Labute approximate surface area is 95.8 Å². The molecule has 0 aromatic carbocycles. The standard InChI is InChI=1S/C13H29NO/c1-5-15-10-6-7-13(4)8-9-14-11-12(2)3/h12-14H,5-11H2,1-4H3. The Morgan fingerprint density at radius 2 is 1.87 bits per heavy atom. The summed E-state index contributed by atoms with van der Waals surface area (Å²) in [4.78, 5) is 0. The Bertz CT molecular complexity index is 126. The van der Waals surface area contributed by atoms with Crippen molar-refractivity contribution in [1.29, 1.82) is 0 Å². The van der Waals surface area contributed by atoms with E-state index in [0.29, 0.717) is 0 Å². The highest BCUT2D eigenvalue weighted by atomic mass is 16.5. The second kappa shape index (κ2) is 10.4. The molecule has 1 unspecified atom stereocenters. The molecule has 0 aliphatic heterocycles. The van der Waals surface area contributed by atoms with Crippen LogP contribution in [0.25, 0.3) is 0 Å². The molecule has 0 amide bonds. The number of hydrogen-bond acceptors (Lipinski definition) is 2. The fraction of sp³-hybridized carbons (Fsp3) is 1.00. The molecule has 0 spiro atoms. The monoisotopic (exact) mass is 215 g/mol. The minimum atomic E-state index is 0.762. The van der Waals surface area contributed by atoms with E-state index in [9.17, 15) is 0 Å². The number of hydrogen-bond donors (Lipinski definition) is 1. The maximum absolute atomic E-state index is 5.33. The molecule has 0 radical (unpaired) electrons. The van der Waals surface area contributed by atoms with Gasteiger partial charge in [0.05, 0.1) is 0 Å². The minimum Gasteiger partial charge on any atom is -0.382 e. The van der Waals surface area contributed by atoms with Gasteiger partial charge in [0.1, 0.15) is 0 Å². The maximum Gasteiger partial charge on any atom is 0.0465 e. The molecule has 0 saturated heterocycles. The second-order valence-corrected chi connectivity index (χ2v) is 4.83. The SMILES string of the molecule is CCOCCCC(C)CCNCC(C)C. The molecule has 0 aromatic heterocycles. The quantitative estimate of drug-likeness (QED) is 0.565. The summed E-state index contributed by atoms with van der Waals surface area (Å²) in [6.07, 6.45) is 3.79. The molecule has 1 N–H and O–H groups in total. The highest BCUT2D eigenvalue weighted by Crippen LogP contribution is 2.09. The minimum absolute atomic E-state index is 0.762. The number of nitrogens with one attached hydrogen (secondary N) is 1. The molecule has 1 atom stereocenters. The fourth-order valence-electron chi connectivity index (χ4n) is 1.56. The summed E-state index contributed by atoms with van der Waals surface area (Å²) in [6, 6.07) is 0. The Hall–Kier alpha value is -0.0800. The van der Waals surface area contributed by atoms with Crippen LogP contribution in [0.5, 0.6) is 0 Å². The summed E-state index contributed by atoms with van der Waals surface area (Å²) in [7, 11) is 0. The fourth-order valence-corrected chi connectivity index (χ4v) is 1.56. The van der Waals surface area contributed by atoms with E-state index in [1.807, 2.05) is 0 Å². The van der Waals surface area contributed by atoms with Crippen molar-refractivity contribution in [2.75, 3.05) is 26.3 Å². The molecule has 2 nitrogen and oxygen atoms in total. The van der Waals surface area contributed by atoms with E-state index < -0.39 is 0 Å². The van der Waals surface area contributed by atoms with Crippen molar-refractivity contribution in [2.24, 2.45) is 11.8 Å². The summed E-state index contributed by atoms with van der Waals surface area (Å²) in [5.74, 6) is 1.59. The van der Waals surface area contributed by atoms with E-state index in [2.05, 4.69) is 33.0 Å². The van der Waals surface area contributed by atoms with E-state index in [1.54, 1.807) is 0 Å². The van der Waals surface area contributed by atoms with E-state index in [1.165, 1.54) is 19.3 Å². The lowest BCUT2D eigenvalue weighted by atomic mass is 10.0. The molecular weight excluding hydrogens is 186 g/mol. The van der Waals surface area contributed by atoms with Gasteiger partial charge in [0.25, 0.3) is 0 Å². The molecule has 0 heterocycles. The first-order valence-corrected chi connectivity index (χ1v) is 6.45. The molecule has 92 valence electrons. The first-order chi connectivity index (χ1) is 7.16. The molecule has 0 bridgehead atoms. The largest absolute Gasteiger partial charge is 0.382 e. The average molecular weight is 215 g/mol. The lowest BCUT2D eigenvalue weighted by Gasteiger charge is -2.12. The molecule has 0 aromatic rings. The van der Waals surface area contributed by atoms with Gasteiger partial charge in [-0.25, -0.2) is 0 Å². The van der Waals surface area contributed by atoms with Crippen LogP contribution in [0, 0.1) is 11.8 Å². The van der Waals surface area contributed by atoms with Crippen LogP contribution in [0.4, 0.5) is 0 Å². The highest BCUT2D eigenvalue weighted by Gasteiger charge is 2.01. The summed E-state index contributed by atoms with van der Waals surface area (Å²) < 4.78 is 5.33.